The van der Waals surface area contributed by atoms with Crippen molar-refractivity contribution in [2.24, 2.45) is 5.92 Å². The van der Waals surface area contributed by atoms with E-state index in [9.17, 15) is 8.42 Å². The Bertz CT molecular complexity index is 889. The third-order valence-electron chi connectivity index (χ3n) is 6.37. The average Bonchev–Trinajstić information content (AvgIpc) is 2.99. The van der Waals surface area contributed by atoms with Gasteiger partial charge in [0.2, 0.25) is 10.0 Å². The summed E-state index contributed by atoms with van der Waals surface area (Å²) in [6.07, 6.45) is 6.53. The van der Waals surface area contributed by atoms with Gasteiger partial charge in [-0.1, -0.05) is 67.3 Å². The Morgan fingerprint density at radius 2 is 1.59 bits per heavy atom. The molecule has 1 aliphatic heterocycles. The highest BCUT2D eigenvalue weighted by Gasteiger charge is 2.36. The SMILES string of the molecule is Cc1ccc(S(=O)(=O)N2CC[C@H](c3ccccc3)O[C@H](C3CCCCC3)C2)cc1. The molecule has 1 saturated heterocycles. The summed E-state index contributed by atoms with van der Waals surface area (Å²) in [7, 11) is -3.53. The standard InChI is InChI=1S/C24H31NO3S/c1-19-12-14-22(15-13-19)29(26,27)25-17-16-23(20-8-4-2-5-9-20)28-24(18-25)21-10-6-3-7-11-21/h2,4-5,8-9,12-15,21,23-24H,3,6-7,10-11,16-18H2,1H3/t23-,24+/m1/s1. The first kappa shape index (κ1) is 20.6. The van der Waals surface area contributed by atoms with E-state index in [1.165, 1.54) is 19.3 Å². The summed E-state index contributed by atoms with van der Waals surface area (Å²) in [6, 6.07) is 17.4. The molecule has 1 aliphatic carbocycles. The quantitative estimate of drug-likeness (QED) is 0.701. The maximum atomic E-state index is 13.4. The van der Waals surface area contributed by atoms with Gasteiger partial charge in [0.05, 0.1) is 17.1 Å². The molecule has 2 aromatic carbocycles. The molecule has 2 atom stereocenters. The minimum absolute atomic E-state index is 0.0526. The summed E-state index contributed by atoms with van der Waals surface area (Å²) in [5.74, 6) is 0.434. The summed E-state index contributed by atoms with van der Waals surface area (Å²) < 4.78 is 35.1. The number of benzene rings is 2. The fourth-order valence-corrected chi connectivity index (χ4v) is 6.10. The molecule has 0 spiro atoms. The van der Waals surface area contributed by atoms with Crippen LogP contribution >= 0.6 is 0 Å². The molecule has 1 heterocycles. The van der Waals surface area contributed by atoms with E-state index in [1.54, 1.807) is 16.4 Å². The lowest BCUT2D eigenvalue weighted by molar-refractivity contribution is -0.0449. The molecule has 0 aromatic heterocycles. The number of rotatable bonds is 4. The Labute approximate surface area is 174 Å². The van der Waals surface area contributed by atoms with Crippen LogP contribution in [0.25, 0.3) is 0 Å². The second-order valence-corrected chi connectivity index (χ2v) is 10.4. The van der Waals surface area contributed by atoms with Crippen molar-refractivity contribution in [3.05, 3.63) is 65.7 Å². The molecule has 2 fully saturated rings. The lowest BCUT2D eigenvalue weighted by Crippen LogP contribution is -2.40. The van der Waals surface area contributed by atoms with E-state index in [2.05, 4.69) is 12.1 Å². The van der Waals surface area contributed by atoms with Gasteiger partial charge in [-0.25, -0.2) is 8.42 Å². The second-order valence-electron chi connectivity index (χ2n) is 8.44. The van der Waals surface area contributed by atoms with Crippen molar-refractivity contribution in [2.75, 3.05) is 13.1 Å². The van der Waals surface area contributed by atoms with Crippen LogP contribution in [0, 0.1) is 12.8 Å². The van der Waals surface area contributed by atoms with Gasteiger partial charge in [0.15, 0.2) is 0 Å². The molecule has 2 aliphatic rings. The van der Waals surface area contributed by atoms with Gasteiger partial charge in [-0.05, 0) is 49.8 Å². The molecular formula is C24H31NO3S. The van der Waals surface area contributed by atoms with Gasteiger partial charge in [0.25, 0.3) is 0 Å². The van der Waals surface area contributed by atoms with Crippen molar-refractivity contribution in [2.45, 2.75) is 62.6 Å². The van der Waals surface area contributed by atoms with Crippen LogP contribution in [0.4, 0.5) is 0 Å². The Morgan fingerprint density at radius 1 is 0.897 bits per heavy atom. The lowest BCUT2D eigenvalue weighted by atomic mass is 9.85. The zero-order chi connectivity index (χ0) is 20.3. The third kappa shape index (κ3) is 4.73. The third-order valence-corrected chi connectivity index (χ3v) is 8.25. The topological polar surface area (TPSA) is 46.6 Å². The van der Waals surface area contributed by atoms with Crippen molar-refractivity contribution in [3.8, 4) is 0 Å². The largest absolute Gasteiger partial charge is 0.369 e. The van der Waals surface area contributed by atoms with Crippen molar-refractivity contribution in [3.63, 3.8) is 0 Å². The molecule has 0 amide bonds. The Balaban J connectivity index is 1.62. The molecule has 156 valence electrons. The molecule has 29 heavy (non-hydrogen) atoms. The molecule has 5 heteroatoms. The maximum absolute atomic E-state index is 13.4. The number of ether oxygens (including phenoxy) is 1. The van der Waals surface area contributed by atoms with Crippen molar-refractivity contribution in [1.29, 1.82) is 0 Å². The number of sulfonamides is 1. The normalized spacial score (nSPS) is 24.9. The van der Waals surface area contributed by atoms with E-state index in [4.69, 9.17) is 4.74 Å². The van der Waals surface area contributed by atoms with Crippen LogP contribution in [0.3, 0.4) is 0 Å². The van der Waals surface area contributed by atoms with Crippen molar-refractivity contribution in [1.82, 2.24) is 4.31 Å². The van der Waals surface area contributed by atoms with Crippen LogP contribution in [0.2, 0.25) is 0 Å². The molecule has 1 saturated carbocycles. The summed E-state index contributed by atoms with van der Waals surface area (Å²) >= 11 is 0. The molecule has 0 bridgehead atoms. The zero-order valence-corrected chi connectivity index (χ0v) is 18.0. The molecule has 0 unspecified atom stereocenters. The molecule has 0 radical (unpaired) electrons. The first-order chi connectivity index (χ1) is 14.0. The number of aryl methyl sites for hydroxylation is 1. The molecular weight excluding hydrogens is 382 g/mol. The molecule has 0 N–H and O–H groups in total. The summed E-state index contributed by atoms with van der Waals surface area (Å²) in [5, 5.41) is 0. The fourth-order valence-electron chi connectivity index (χ4n) is 4.63. The predicted molar refractivity (Wildman–Crippen MR) is 115 cm³/mol. The van der Waals surface area contributed by atoms with Gasteiger partial charge in [-0.15, -0.1) is 0 Å². The van der Waals surface area contributed by atoms with E-state index in [1.807, 2.05) is 37.3 Å². The highest BCUT2D eigenvalue weighted by molar-refractivity contribution is 7.89. The monoisotopic (exact) mass is 413 g/mol. The Morgan fingerprint density at radius 3 is 2.28 bits per heavy atom. The minimum Gasteiger partial charge on any atom is -0.369 e. The van der Waals surface area contributed by atoms with E-state index >= 15 is 0 Å². The van der Waals surface area contributed by atoms with Crippen molar-refractivity contribution < 1.29 is 13.2 Å². The van der Waals surface area contributed by atoms with Crippen LogP contribution in [0.5, 0.6) is 0 Å². The van der Waals surface area contributed by atoms with Crippen LogP contribution in [-0.4, -0.2) is 31.9 Å². The average molecular weight is 414 g/mol. The highest BCUT2D eigenvalue weighted by atomic mass is 32.2. The number of hydrogen-bond donors (Lipinski definition) is 0. The first-order valence-corrected chi connectivity index (χ1v) is 12.3. The van der Waals surface area contributed by atoms with Gasteiger partial charge >= 0.3 is 0 Å². The van der Waals surface area contributed by atoms with Gasteiger partial charge < -0.3 is 4.74 Å². The molecule has 4 nitrogen and oxygen atoms in total. The smallest absolute Gasteiger partial charge is 0.243 e. The van der Waals surface area contributed by atoms with Gasteiger partial charge in [0, 0.05) is 13.1 Å². The van der Waals surface area contributed by atoms with Gasteiger partial charge in [-0.2, -0.15) is 4.31 Å². The lowest BCUT2D eigenvalue weighted by Gasteiger charge is -2.33. The zero-order valence-electron chi connectivity index (χ0n) is 17.2. The van der Waals surface area contributed by atoms with Crippen molar-refractivity contribution >= 4 is 10.0 Å². The van der Waals surface area contributed by atoms with E-state index in [0.29, 0.717) is 30.3 Å². The Hall–Kier alpha value is -1.69. The first-order valence-electron chi connectivity index (χ1n) is 10.8. The van der Waals surface area contributed by atoms with E-state index < -0.39 is 10.0 Å². The van der Waals surface area contributed by atoms with Crippen LogP contribution in [-0.2, 0) is 14.8 Å². The summed E-state index contributed by atoms with van der Waals surface area (Å²) in [4.78, 5) is 0.378. The molecule has 4 rings (SSSR count). The minimum atomic E-state index is -3.53. The fraction of sp³-hybridized carbons (Fsp3) is 0.500. The van der Waals surface area contributed by atoms with Crippen LogP contribution in [0.1, 0.15) is 55.8 Å². The van der Waals surface area contributed by atoms with E-state index in [-0.39, 0.29) is 12.2 Å². The summed E-state index contributed by atoms with van der Waals surface area (Å²) in [6.45, 7) is 2.91. The van der Waals surface area contributed by atoms with Gasteiger partial charge in [0.1, 0.15) is 0 Å². The number of nitrogens with zero attached hydrogens (tertiary/aromatic N) is 1. The second kappa shape index (κ2) is 8.99. The Kier molecular flexibility index (Phi) is 6.38. The predicted octanol–water partition coefficient (Wildman–Crippen LogP) is 5.10. The number of hydrogen-bond acceptors (Lipinski definition) is 3. The summed E-state index contributed by atoms with van der Waals surface area (Å²) in [5.41, 5.74) is 2.20. The van der Waals surface area contributed by atoms with Crippen LogP contribution in [0.15, 0.2) is 59.5 Å². The van der Waals surface area contributed by atoms with Gasteiger partial charge in [-0.3, -0.25) is 0 Å². The maximum Gasteiger partial charge on any atom is 0.243 e. The molecule has 2 aromatic rings. The van der Waals surface area contributed by atoms with E-state index in [0.717, 1.165) is 24.0 Å². The highest BCUT2D eigenvalue weighted by Crippen LogP contribution is 2.36. The van der Waals surface area contributed by atoms with Crippen LogP contribution < -0.4 is 0 Å².